The Morgan fingerprint density at radius 1 is 1.56 bits per heavy atom. The van der Waals surface area contributed by atoms with Crippen molar-refractivity contribution in [1.29, 1.82) is 0 Å². The van der Waals surface area contributed by atoms with Crippen LogP contribution in [0.25, 0.3) is 5.52 Å². The molecule has 94 valence electrons. The maximum Gasteiger partial charge on any atom is 0.251 e. The topological polar surface area (TPSA) is 66.6 Å². The molecule has 0 spiro atoms. The zero-order valence-corrected chi connectivity index (χ0v) is 9.97. The van der Waals surface area contributed by atoms with E-state index in [0.29, 0.717) is 12.1 Å². The Kier molecular flexibility index (Phi) is 2.56. The van der Waals surface area contributed by atoms with Crippen LogP contribution in [0.1, 0.15) is 29.6 Å². The van der Waals surface area contributed by atoms with E-state index >= 15 is 0 Å². The second kappa shape index (κ2) is 4.10. The van der Waals surface area contributed by atoms with Gasteiger partial charge in [0.2, 0.25) is 0 Å². The van der Waals surface area contributed by atoms with Gasteiger partial charge < -0.3 is 14.8 Å². The Hall–Kier alpha value is -1.88. The Morgan fingerprint density at radius 2 is 2.39 bits per heavy atom. The van der Waals surface area contributed by atoms with E-state index in [1.165, 1.54) is 0 Å². The number of amides is 1. The minimum Gasteiger partial charge on any atom is -0.388 e. The highest BCUT2D eigenvalue weighted by molar-refractivity contribution is 5.95. The van der Waals surface area contributed by atoms with Gasteiger partial charge in [0.25, 0.3) is 5.91 Å². The lowest BCUT2D eigenvalue weighted by atomic mass is 9.80. The fraction of sp³-hybridized carbons (Fsp3) is 0.385. The van der Waals surface area contributed by atoms with Gasteiger partial charge in [-0.25, -0.2) is 4.98 Å². The number of imidazole rings is 1. The first-order valence-corrected chi connectivity index (χ1v) is 6.09. The van der Waals surface area contributed by atoms with Crippen LogP contribution in [0.4, 0.5) is 0 Å². The van der Waals surface area contributed by atoms with Crippen LogP contribution in [0.5, 0.6) is 0 Å². The summed E-state index contributed by atoms with van der Waals surface area (Å²) in [6.45, 7) is 0.330. The first kappa shape index (κ1) is 11.2. The van der Waals surface area contributed by atoms with Crippen molar-refractivity contribution in [1.82, 2.24) is 14.7 Å². The van der Waals surface area contributed by atoms with E-state index in [4.69, 9.17) is 0 Å². The molecule has 1 amide bonds. The Bertz CT molecular complexity index is 587. The van der Waals surface area contributed by atoms with Gasteiger partial charge >= 0.3 is 0 Å². The van der Waals surface area contributed by atoms with Gasteiger partial charge in [0, 0.05) is 18.3 Å². The highest BCUT2D eigenvalue weighted by Gasteiger charge is 2.34. The Morgan fingerprint density at radius 3 is 3.11 bits per heavy atom. The number of nitrogens with zero attached hydrogens (tertiary/aromatic N) is 2. The molecular weight excluding hydrogens is 230 g/mol. The number of hydrogen-bond donors (Lipinski definition) is 2. The van der Waals surface area contributed by atoms with Gasteiger partial charge in [-0.15, -0.1) is 0 Å². The van der Waals surface area contributed by atoms with Gasteiger partial charge in [0.1, 0.15) is 0 Å². The number of aromatic nitrogens is 2. The minimum atomic E-state index is -0.684. The molecule has 2 aromatic rings. The molecule has 0 atom stereocenters. The lowest BCUT2D eigenvalue weighted by Gasteiger charge is -2.36. The van der Waals surface area contributed by atoms with Gasteiger partial charge in [0.15, 0.2) is 0 Å². The molecule has 0 unspecified atom stereocenters. The monoisotopic (exact) mass is 245 g/mol. The van der Waals surface area contributed by atoms with Gasteiger partial charge in [-0.2, -0.15) is 0 Å². The normalized spacial score (nSPS) is 17.4. The Labute approximate surface area is 104 Å². The molecule has 2 aromatic heterocycles. The molecule has 18 heavy (non-hydrogen) atoms. The average molecular weight is 245 g/mol. The van der Waals surface area contributed by atoms with E-state index in [-0.39, 0.29) is 5.91 Å². The summed E-state index contributed by atoms with van der Waals surface area (Å²) in [6.07, 6.45) is 7.78. The van der Waals surface area contributed by atoms with Gasteiger partial charge in [-0.3, -0.25) is 4.79 Å². The van der Waals surface area contributed by atoms with Gasteiger partial charge in [0.05, 0.1) is 23.6 Å². The summed E-state index contributed by atoms with van der Waals surface area (Å²) >= 11 is 0. The van der Waals surface area contributed by atoms with E-state index in [1.807, 2.05) is 4.40 Å². The van der Waals surface area contributed by atoms with Crippen LogP contribution >= 0.6 is 0 Å². The van der Waals surface area contributed by atoms with E-state index in [1.54, 1.807) is 30.9 Å². The highest BCUT2D eigenvalue weighted by atomic mass is 16.3. The fourth-order valence-electron chi connectivity index (χ4n) is 2.17. The average Bonchev–Trinajstić information content (AvgIpc) is 2.80. The van der Waals surface area contributed by atoms with E-state index < -0.39 is 5.60 Å². The minimum absolute atomic E-state index is 0.154. The number of fused-ring (bicyclic) bond motifs is 1. The molecule has 0 radical (unpaired) electrons. The largest absolute Gasteiger partial charge is 0.388 e. The molecule has 0 saturated heterocycles. The number of rotatable bonds is 3. The number of carbonyl (C=O) groups is 1. The van der Waals surface area contributed by atoms with Gasteiger partial charge in [-0.1, -0.05) is 0 Å². The summed E-state index contributed by atoms with van der Waals surface area (Å²) in [6, 6.07) is 3.53. The molecule has 1 fully saturated rings. The smallest absolute Gasteiger partial charge is 0.251 e. The van der Waals surface area contributed by atoms with E-state index in [0.717, 1.165) is 24.8 Å². The van der Waals surface area contributed by atoms with E-state index in [2.05, 4.69) is 10.3 Å². The molecule has 5 heteroatoms. The molecule has 0 aromatic carbocycles. The third-order valence-corrected chi connectivity index (χ3v) is 3.54. The summed E-state index contributed by atoms with van der Waals surface area (Å²) in [5.74, 6) is -0.154. The van der Waals surface area contributed by atoms with E-state index in [9.17, 15) is 9.90 Å². The quantitative estimate of drug-likeness (QED) is 0.847. The summed E-state index contributed by atoms with van der Waals surface area (Å²) < 4.78 is 1.84. The predicted octanol–water partition coefficient (Wildman–Crippen LogP) is 0.979. The molecular formula is C13H15N3O2. The number of carbonyl (C=O) groups excluding carboxylic acids is 1. The van der Waals surface area contributed by atoms with Crippen LogP contribution < -0.4 is 5.32 Å². The molecule has 1 aliphatic rings. The van der Waals surface area contributed by atoms with Gasteiger partial charge in [-0.05, 0) is 31.4 Å². The number of nitrogens with one attached hydrogen (secondary N) is 1. The van der Waals surface area contributed by atoms with Crippen molar-refractivity contribution < 1.29 is 9.90 Å². The molecule has 0 aliphatic heterocycles. The Balaban J connectivity index is 1.71. The molecule has 5 nitrogen and oxygen atoms in total. The lowest BCUT2D eigenvalue weighted by Crippen LogP contribution is -2.47. The second-order valence-corrected chi connectivity index (χ2v) is 4.90. The molecule has 2 N–H and O–H groups in total. The molecule has 0 bridgehead atoms. The third kappa shape index (κ3) is 1.97. The van der Waals surface area contributed by atoms with Crippen molar-refractivity contribution in [2.75, 3.05) is 6.54 Å². The van der Waals surface area contributed by atoms with Crippen LogP contribution in [0.2, 0.25) is 0 Å². The molecule has 2 heterocycles. The fourth-order valence-corrected chi connectivity index (χ4v) is 2.17. The first-order chi connectivity index (χ1) is 8.66. The second-order valence-electron chi connectivity index (χ2n) is 4.90. The van der Waals surface area contributed by atoms with Crippen LogP contribution in [-0.4, -0.2) is 32.5 Å². The standard InChI is InChI=1S/C13H15N3O2/c17-12(15-8-13(18)3-1-4-13)10-2-5-16-9-14-7-11(16)6-10/h2,5-7,9,18H,1,3-4,8H2,(H,15,17). The van der Waals surface area contributed by atoms with Crippen molar-refractivity contribution in [3.8, 4) is 0 Å². The summed E-state index contributed by atoms with van der Waals surface area (Å²) in [7, 11) is 0. The zero-order chi connectivity index (χ0) is 12.6. The van der Waals surface area contributed by atoms with Crippen LogP contribution in [0.3, 0.4) is 0 Å². The maximum absolute atomic E-state index is 11.9. The van der Waals surface area contributed by atoms with Crippen LogP contribution in [0.15, 0.2) is 30.9 Å². The highest BCUT2D eigenvalue weighted by Crippen LogP contribution is 2.30. The zero-order valence-electron chi connectivity index (χ0n) is 9.97. The van der Waals surface area contributed by atoms with Crippen molar-refractivity contribution >= 4 is 11.4 Å². The number of pyridine rings is 1. The third-order valence-electron chi connectivity index (χ3n) is 3.54. The predicted molar refractivity (Wildman–Crippen MR) is 66.3 cm³/mol. The first-order valence-electron chi connectivity index (χ1n) is 6.09. The molecule has 3 rings (SSSR count). The summed E-state index contributed by atoms with van der Waals surface area (Å²) in [5, 5.41) is 12.7. The van der Waals surface area contributed by atoms with Crippen molar-refractivity contribution in [3.63, 3.8) is 0 Å². The number of aliphatic hydroxyl groups is 1. The maximum atomic E-state index is 11.9. The van der Waals surface area contributed by atoms with Crippen LogP contribution in [-0.2, 0) is 0 Å². The molecule has 1 aliphatic carbocycles. The summed E-state index contributed by atoms with van der Waals surface area (Å²) in [5.41, 5.74) is 0.784. The van der Waals surface area contributed by atoms with Crippen molar-refractivity contribution in [3.05, 3.63) is 36.4 Å². The molecule has 1 saturated carbocycles. The lowest BCUT2D eigenvalue weighted by molar-refractivity contribution is -0.0300. The van der Waals surface area contributed by atoms with Crippen molar-refractivity contribution in [2.24, 2.45) is 0 Å². The van der Waals surface area contributed by atoms with Crippen LogP contribution in [0, 0.1) is 0 Å². The summed E-state index contributed by atoms with van der Waals surface area (Å²) in [4.78, 5) is 15.9. The van der Waals surface area contributed by atoms with Crippen molar-refractivity contribution in [2.45, 2.75) is 24.9 Å². The SMILES string of the molecule is O=C(NCC1(O)CCC1)c1ccn2cncc2c1. The number of hydrogen-bond acceptors (Lipinski definition) is 3.